The van der Waals surface area contributed by atoms with Crippen LogP contribution >= 0.6 is 32.5 Å². The van der Waals surface area contributed by atoms with E-state index in [4.69, 9.17) is 25.9 Å². The Morgan fingerprint density at radius 2 is 1.00 bits per heavy atom. The van der Waals surface area contributed by atoms with Crippen LogP contribution in [0.25, 0.3) is 0 Å². The summed E-state index contributed by atoms with van der Waals surface area (Å²) in [6.45, 7) is 5.33. The van der Waals surface area contributed by atoms with E-state index in [2.05, 4.69) is 85.4 Å². The summed E-state index contributed by atoms with van der Waals surface area (Å²) in [6, 6.07) is 44.5. The summed E-state index contributed by atoms with van der Waals surface area (Å²) in [5, 5.41) is 0. The minimum Gasteiger partial charge on any atom is -0.482 e. The lowest BCUT2D eigenvalue weighted by Gasteiger charge is -2.59. The molecule has 0 aliphatic rings. The average molecular weight is 629 g/mol. The maximum atomic E-state index is 12.3. The van der Waals surface area contributed by atoms with Gasteiger partial charge < -0.3 is 14.2 Å². The third kappa shape index (κ3) is 6.44. The van der Waals surface area contributed by atoms with Crippen molar-refractivity contribution >= 4 is 38.5 Å². The van der Waals surface area contributed by atoms with Gasteiger partial charge >= 0.3 is 5.97 Å². The Morgan fingerprint density at radius 1 is 0.605 bits per heavy atom. The molecule has 222 valence electrons. The molecule has 0 saturated carbocycles. The van der Waals surface area contributed by atoms with Crippen molar-refractivity contribution in [1.29, 1.82) is 0 Å². The van der Waals surface area contributed by atoms with Gasteiger partial charge in [-0.15, -0.1) is 24.3 Å². The predicted molar refractivity (Wildman–Crippen MR) is 182 cm³/mol. The van der Waals surface area contributed by atoms with Gasteiger partial charge in [0.05, 0.1) is 0 Å². The Balaban J connectivity index is 1.60. The number of carbonyl (C=O) groups is 1. The zero-order valence-corrected chi connectivity index (χ0v) is 27.1. The quantitative estimate of drug-likeness (QED) is 0.0864. The lowest BCUT2D eigenvalue weighted by atomic mass is 10.2. The van der Waals surface area contributed by atoms with Gasteiger partial charge in [-0.2, -0.15) is 8.19 Å². The van der Waals surface area contributed by atoms with Crippen molar-refractivity contribution in [2.75, 3.05) is 6.61 Å². The highest BCUT2D eigenvalue weighted by atomic mass is 33.2. The van der Waals surface area contributed by atoms with Crippen LogP contribution in [0, 0.1) is 0 Å². The average Bonchev–Trinajstić information content (AvgIpc) is 3.01. The van der Waals surface area contributed by atoms with Gasteiger partial charge in [0.25, 0.3) is 0 Å². The maximum absolute atomic E-state index is 12.3. The fourth-order valence-electron chi connectivity index (χ4n) is 5.13. The molecule has 4 nitrogen and oxygen atoms in total. The zero-order chi connectivity index (χ0) is 30.5. The van der Waals surface area contributed by atoms with Crippen LogP contribution in [-0.2, 0) is 9.53 Å². The first-order valence-electron chi connectivity index (χ1n) is 14.0. The van der Waals surface area contributed by atoms with Crippen molar-refractivity contribution in [3.8, 4) is 17.2 Å². The maximum Gasteiger partial charge on any atom is 0.344 e. The number of esters is 1. The van der Waals surface area contributed by atoms with Crippen LogP contribution in [0.1, 0.15) is 20.8 Å². The molecule has 0 N–H and O–H groups in total. The molecular weight excluding hydrogens is 593 g/mol. The predicted octanol–water partition coefficient (Wildman–Crippen LogP) is 9.94. The molecule has 0 spiro atoms. The standard InChI is InChI=1S/C36H36O4S3/c1-36(2,3)40-35(37)26-38-27-16-22-33(23-17-27)43(42,31-10-6-4-7-11-31,32-12-8-5-9-13-32)34-24-18-29(19-25-34)39-28-14-20-30(41)21-15-28/h4-25,41-43H,26H2,1-3H3. The van der Waals surface area contributed by atoms with E-state index in [0.29, 0.717) is 5.75 Å². The summed E-state index contributed by atoms with van der Waals surface area (Å²) < 4.78 is 17.3. The van der Waals surface area contributed by atoms with Crippen LogP contribution in [0.2, 0.25) is 0 Å². The normalized spacial score (nSPS) is 12.5. The first-order valence-corrected chi connectivity index (χ1v) is 17.8. The summed E-state index contributed by atoms with van der Waals surface area (Å²) in [4.78, 5) is 17.4. The number of hydrogen-bond acceptors (Lipinski definition) is 6. The molecule has 43 heavy (non-hydrogen) atoms. The largest absolute Gasteiger partial charge is 0.482 e. The van der Waals surface area contributed by atoms with E-state index in [9.17, 15) is 4.79 Å². The summed E-state index contributed by atoms with van der Waals surface area (Å²) in [5.74, 6) is 1.62. The fourth-order valence-corrected chi connectivity index (χ4v) is 11.6. The van der Waals surface area contributed by atoms with Crippen LogP contribution in [0.3, 0.4) is 0 Å². The molecule has 5 aromatic rings. The fraction of sp³-hybridized carbons (Fsp3) is 0.139. The van der Waals surface area contributed by atoms with E-state index in [1.165, 1.54) is 0 Å². The molecule has 0 aromatic heterocycles. The highest BCUT2D eigenvalue weighted by Gasteiger charge is 2.45. The molecule has 0 radical (unpaired) electrons. The minimum absolute atomic E-state index is 0.170. The van der Waals surface area contributed by atoms with Gasteiger partial charge in [0.1, 0.15) is 22.8 Å². The topological polar surface area (TPSA) is 44.8 Å². The smallest absolute Gasteiger partial charge is 0.344 e. The summed E-state index contributed by atoms with van der Waals surface area (Å²) in [5.41, 5.74) is -0.573. The molecule has 0 saturated heterocycles. The van der Waals surface area contributed by atoms with Gasteiger partial charge in [-0.1, -0.05) is 60.7 Å². The van der Waals surface area contributed by atoms with Crippen LogP contribution < -0.4 is 9.47 Å². The van der Waals surface area contributed by atoms with Crippen molar-refractivity contribution in [1.82, 2.24) is 0 Å². The SMILES string of the molecule is CC(C)(C)OC(=O)COc1ccc([SH](S)(c2ccccc2)(c2ccccc2)c2ccc(Oc3ccc(S)cc3)cc2)cc1. The monoisotopic (exact) mass is 628 g/mol. The zero-order valence-electron chi connectivity index (χ0n) is 24.4. The van der Waals surface area contributed by atoms with E-state index < -0.39 is 19.8 Å². The van der Waals surface area contributed by atoms with Gasteiger partial charge in [0.2, 0.25) is 0 Å². The second-order valence-corrected chi connectivity index (χ2v) is 18.3. The number of ether oxygens (including phenoxy) is 3. The van der Waals surface area contributed by atoms with Crippen LogP contribution in [-0.4, -0.2) is 18.2 Å². The number of carbonyl (C=O) groups excluding carboxylic acids is 1. The summed E-state index contributed by atoms with van der Waals surface area (Å²) in [7, 11) is -3.57. The molecule has 0 bridgehead atoms. The van der Waals surface area contributed by atoms with Crippen molar-refractivity contribution in [3.05, 3.63) is 133 Å². The van der Waals surface area contributed by atoms with E-state index >= 15 is 0 Å². The van der Waals surface area contributed by atoms with Crippen LogP contribution in [0.15, 0.2) is 158 Å². The lowest BCUT2D eigenvalue weighted by Crippen LogP contribution is -2.27. The molecular formula is C36H36O4S3. The minimum atomic E-state index is -3.57. The van der Waals surface area contributed by atoms with Gasteiger partial charge in [-0.3, -0.25) is 0 Å². The third-order valence-corrected chi connectivity index (χ3v) is 15.3. The Morgan fingerprint density at radius 3 is 1.44 bits per heavy atom. The van der Waals surface area contributed by atoms with Crippen molar-refractivity contribution in [2.45, 2.75) is 50.8 Å². The van der Waals surface area contributed by atoms with Crippen molar-refractivity contribution in [2.24, 2.45) is 0 Å². The Hall–Kier alpha value is -3.78. The van der Waals surface area contributed by atoms with Gasteiger partial charge in [0.15, 0.2) is 6.61 Å². The summed E-state index contributed by atoms with van der Waals surface area (Å²) in [6.07, 6.45) is 0. The van der Waals surface area contributed by atoms with Crippen molar-refractivity contribution in [3.63, 3.8) is 0 Å². The molecule has 0 fully saturated rings. The van der Waals surface area contributed by atoms with E-state index in [-0.39, 0.29) is 6.61 Å². The molecule has 0 amide bonds. The number of benzene rings is 5. The highest BCUT2D eigenvalue weighted by Crippen LogP contribution is 2.93. The van der Waals surface area contributed by atoms with E-state index in [1.54, 1.807) is 0 Å². The van der Waals surface area contributed by atoms with E-state index in [0.717, 1.165) is 36.0 Å². The Labute approximate surface area is 264 Å². The molecule has 5 rings (SSSR count). The Bertz CT molecular complexity index is 1620. The molecule has 0 aliphatic carbocycles. The van der Waals surface area contributed by atoms with Gasteiger partial charge in [-0.25, -0.2) is 4.79 Å². The van der Waals surface area contributed by atoms with Crippen molar-refractivity contribution < 1.29 is 19.0 Å². The molecule has 0 aliphatic heterocycles. The molecule has 0 atom stereocenters. The number of rotatable bonds is 9. The summed E-state index contributed by atoms with van der Waals surface area (Å²) >= 11 is 10.2. The van der Waals surface area contributed by atoms with Crippen LogP contribution in [0.4, 0.5) is 0 Å². The first kappa shape index (κ1) is 30.7. The second-order valence-electron chi connectivity index (χ2n) is 11.2. The van der Waals surface area contributed by atoms with Crippen LogP contribution in [0.5, 0.6) is 17.2 Å². The lowest BCUT2D eigenvalue weighted by molar-refractivity contribution is -0.157. The molecule has 5 aromatic carbocycles. The highest BCUT2D eigenvalue weighted by molar-refractivity contribution is 8.98. The van der Waals surface area contributed by atoms with Gasteiger partial charge in [-0.05, 0) is 113 Å². The first-order chi connectivity index (χ1) is 20.6. The molecule has 0 unspecified atom stereocenters. The Kier molecular flexibility index (Phi) is 8.88. The number of thiol groups is 3. The third-order valence-electron chi connectivity index (χ3n) is 7.05. The van der Waals surface area contributed by atoms with E-state index in [1.807, 2.05) is 81.4 Å². The molecule has 7 heteroatoms. The van der Waals surface area contributed by atoms with Gasteiger partial charge in [0, 0.05) is 4.90 Å². The second kappa shape index (κ2) is 12.4. The molecule has 0 heterocycles. The number of hydrogen-bond donors (Lipinski definition) is 3.